The highest BCUT2D eigenvalue weighted by molar-refractivity contribution is 7.14. The zero-order valence-corrected chi connectivity index (χ0v) is 17.9. The van der Waals surface area contributed by atoms with Crippen LogP contribution < -0.4 is 10.2 Å². The molecular weight excluding hydrogens is 394 g/mol. The van der Waals surface area contributed by atoms with Crippen molar-refractivity contribution >= 4 is 46.0 Å². The number of benzene rings is 1. The van der Waals surface area contributed by atoms with Crippen LogP contribution in [-0.4, -0.2) is 49.3 Å². The smallest absolute Gasteiger partial charge is 0.224 e. The lowest BCUT2D eigenvalue weighted by Crippen LogP contribution is -2.46. The van der Waals surface area contributed by atoms with Crippen LogP contribution in [0.25, 0.3) is 0 Å². The predicted octanol–water partition coefficient (Wildman–Crippen LogP) is 4.45. The van der Waals surface area contributed by atoms with Gasteiger partial charge in [-0.05, 0) is 43.8 Å². The summed E-state index contributed by atoms with van der Waals surface area (Å²) in [5.41, 5.74) is 1.69. The van der Waals surface area contributed by atoms with E-state index in [1.807, 2.05) is 31.2 Å². The van der Waals surface area contributed by atoms with E-state index in [1.165, 1.54) is 11.3 Å². The van der Waals surface area contributed by atoms with Crippen LogP contribution in [0.4, 0.5) is 11.4 Å². The zero-order chi connectivity index (χ0) is 20.1. The summed E-state index contributed by atoms with van der Waals surface area (Å²) in [6.07, 6.45) is 0.363. The van der Waals surface area contributed by atoms with Gasteiger partial charge in [-0.1, -0.05) is 18.5 Å². The van der Waals surface area contributed by atoms with E-state index < -0.39 is 0 Å². The maximum atomic E-state index is 12.5. The molecule has 2 aromatic rings. The first-order valence-corrected chi connectivity index (χ1v) is 10.8. The normalized spacial score (nSPS) is 14.9. The second kappa shape index (κ2) is 9.54. The number of hydrogen-bond donors (Lipinski definition) is 1. The first-order valence-electron chi connectivity index (χ1n) is 9.62. The number of likely N-dealkylation sites (N-methyl/N-ethyl adjacent to an activating group) is 1. The summed E-state index contributed by atoms with van der Waals surface area (Å²) in [6, 6.07) is 9.34. The van der Waals surface area contributed by atoms with Gasteiger partial charge < -0.3 is 15.1 Å². The number of ketones is 1. The summed E-state index contributed by atoms with van der Waals surface area (Å²) in [5, 5.41) is 3.54. The number of anilines is 2. The highest BCUT2D eigenvalue weighted by Gasteiger charge is 2.20. The number of aryl methyl sites for hydroxylation is 1. The van der Waals surface area contributed by atoms with Gasteiger partial charge in [0.2, 0.25) is 5.91 Å². The summed E-state index contributed by atoms with van der Waals surface area (Å²) < 4.78 is 0. The van der Waals surface area contributed by atoms with E-state index in [9.17, 15) is 9.59 Å². The molecule has 0 bridgehead atoms. The molecule has 1 fully saturated rings. The fourth-order valence-electron chi connectivity index (χ4n) is 3.34. The Bertz CT molecular complexity index is 844. The minimum Gasteiger partial charge on any atom is -0.367 e. The van der Waals surface area contributed by atoms with Gasteiger partial charge in [-0.25, -0.2) is 0 Å². The van der Waals surface area contributed by atoms with Crippen molar-refractivity contribution < 1.29 is 9.59 Å². The number of hydrogen-bond acceptors (Lipinski definition) is 5. The van der Waals surface area contributed by atoms with Gasteiger partial charge in [-0.15, -0.1) is 11.3 Å². The first kappa shape index (κ1) is 20.8. The van der Waals surface area contributed by atoms with Crippen LogP contribution in [0.2, 0.25) is 5.02 Å². The van der Waals surface area contributed by atoms with Gasteiger partial charge in [-0.2, -0.15) is 0 Å². The van der Waals surface area contributed by atoms with Crippen molar-refractivity contribution in [3.05, 3.63) is 45.1 Å². The van der Waals surface area contributed by atoms with Crippen LogP contribution in [0.15, 0.2) is 30.3 Å². The molecule has 1 aliphatic rings. The summed E-state index contributed by atoms with van der Waals surface area (Å²) in [6.45, 7) is 9.01. The van der Waals surface area contributed by atoms with Gasteiger partial charge in [0, 0.05) is 48.9 Å². The molecule has 1 aromatic carbocycles. The number of amides is 1. The molecule has 0 saturated carbocycles. The van der Waals surface area contributed by atoms with Crippen molar-refractivity contribution in [3.8, 4) is 0 Å². The van der Waals surface area contributed by atoms with Gasteiger partial charge in [0.15, 0.2) is 5.78 Å². The third-order valence-corrected chi connectivity index (χ3v) is 6.26. The maximum absolute atomic E-state index is 12.5. The number of nitrogens with one attached hydrogen (secondary N) is 1. The highest BCUT2D eigenvalue weighted by Crippen LogP contribution is 2.30. The van der Waals surface area contributed by atoms with Crippen molar-refractivity contribution in [1.82, 2.24) is 4.90 Å². The lowest BCUT2D eigenvalue weighted by Gasteiger charge is -2.36. The van der Waals surface area contributed by atoms with Crippen LogP contribution in [0.3, 0.4) is 0 Å². The molecule has 1 aromatic heterocycles. The number of nitrogens with zero attached hydrogens (tertiary/aromatic N) is 2. The largest absolute Gasteiger partial charge is 0.367 e. The number of carbonyl (C=O) groups is 2. The molecule has 0 unspecified atom stereocenters. The van der Waals surface area contributed by atoms with Crippen LogP contribution in [-0.2, 0) is 4.79 Å². The van der Waals surface area contributed by atoms with E-state index in [1.54, 1.807) is 6.07 Å². The Kier molecular flexibility index (Phi) is 7.10. The zero-order valence-electron chi connectivity index (χ0n) is 16.3. The topological polar surface area (TPSA) is 52.6 Å². The molecule has 3 rings (SSSR count). The Morgan fingerprint density at radius 1 is 1.11 bits per heavy atom. The highest BCUT2D eigenvalue weighted by atomic mass is 35.5. The Labute approximate surface area is 175 Å². The van der Waals surface area contributed by atoms with E-state index in [0.717, 1.165) is 43.3 Å². The molecule has 5 nitrogen and oxygen atoms in total. The number of halogens is 1. The molecule has 2 heterocycles. The fourth-order valence-corrected chi connectivity index (χ4v) is 4.34. The standard InChI is InChI=1S/C21H26ClN3O2S/c1-3-24-10-12-25(13-11-24)18-6-5-16(22)14-17(18)23-21(27)9-7-19(26)20-8-4-15(2)28-20/h4-6,8,14H,3,7,9-13H2,1-2H3,(H,23,27). The molecule has 150 valence electrons. The molecule has 28 heavy (non-hydrogen) atoms. The Hall–Kier alpha value is -1.89. The van der Waals surface area contributed by atoms with Gasteiger partial charge in [0.25, 0.3) is 0 Å². The van der Waals surface area contributed by atoms with Crippen molar-refractivity contribution in [2.45, 2.75) is 26.7 Å². The van der Waals surface area contributed by atoms with Crippen LogP contribution in [0, 0.1) is 6.92 Å². The molecule has 1 aliphatic heterocycles. The molecule has 1 amide bonds. The number of thiophene rings is 1. The molecule has 1 saturated heterocycles. The van der Waals surface area contributed by atoms with Crippen molar-refractivity contribution in [1.29, 1.82) is 0 Å². The predicted molar refractivity (Wildman–Crippen MR) is 117 cm³/mol. The molecule has 0 radical (unpaired) electrons. The van der Waals surface area contributed by atoms with Crippen LogP contribution >= 0.6 is 22.9 Å². The lowest BCUT2D eigenvalue weighted by atomic mass is 10.1. The van der Waals surface area contributed by atoms with E-state index in [4.69, 9.17) is 11.6 Å². The van der Waals surface area contributed by atoms with Gasteiger partial charge in [0.1, 0.15) is 0 Å². The molecule has 7 heteroatoms. The quantitative estimate of drug-likeness (QED) is 0.673. The van der Waals surface area contributed by atoms with E-state index in [2.05, 4.69) is 22.0 Å². The van der Waals surface area contributed by atoms with E-state index in [0.29, 0.717) is 15.6 Å². The van der Waals surface area contributed by atoms with Crippen LogP contribution in [0.1, 0.15) is 34.3 Å². The second-order valence-electron chi connectivity index (χ2n) is 6.96. The van der Waals surface area contributed by atoms with Gasteiger partial charge in [-0.3, -0.25) is 9.59 Å². The monoisotopic (exact) mass is 419 g/mol. The average molecular weight is 420 g/mol. The Morgan fingerprint density at radius 2 is 1.86 bits per heavy atom. The first-order chi connectivity index (χ1) is 13.5. The van der Waals surface area contributed by atoms with Crippen LogP contribution in [0.5, 0.6) is 0 Å². The van der Waals surface area contributed by atoms with Crippen molar-refractivity contribution in [2.75, 3.05) is 42.9 Å². The van der Waals surface area contributed by atoms with E-state index >= 15 is 0 Å². The van der Waals surface area contributed by atoms with Crippen molar-refractivity contribution in [3.63, 3.8) is 0 Å². The minimum absolute atomic E-state index is 0.00950. The number of rotatable bonds is 7. The summed E-state index contributed by atoms with van der Waals surface area (Å²) in [7, 11) is 0. The SMILES string of the molecule is CCN1CCN(c2ccc(Cl)cc2NC(=O)CCC(=O)c2ccc(C)s2)CC1. The fraction of sp³-hybridized carbons (Fsp3) is 0.429. The number of piperazine rings is 1. The lowest BCUT2D eigenvalue weighted by molar-refractivity contribution is -0.116. The number of Topliss-reactive ketones (excluding diaryl/α,β-unsaturated/α-hetero) is 1. The maximum Gasteiger partial charge on any atom is 0.224 e. The van der Waals surface area contributed by atoms with Gasteiger partial charge in [0.05, 0.1) is 16.3 Å². The average Bonchev–Trinajstić information content (AvgIpc) is 3.13. The molecule has 0 aliphatic carbocycles. The Balaban J connectivity index is 1.62. The molecule has 1 N–H and O–H groups in total. The molecule has 0 spiro atoms. The second-order valence-corrected chi connectivity index (χ2v) is 8.69. The van der Waals surface area contributed by atoms with E-state index in [-0.39, 0.29) is 24.5 Å². The summed E-state index contributed by atoms with van der Waals surface area (Å²) >= 11 is 7.63. The third kappa shape index (κ3) is 5.34. The number of carbonyl (C=O) groups excluding carboxylic acids is 2. The third-order valence-electron chi connectivity index (χ3n) is 4.99. The molecular formula is C21H26ClN3O2S. The molecule has 0 atom stereocenters. The summed E-state index contributed by atoms with van der Waals surface area (Å²) in [5.74, 6) is -0.160. The van der Waals surface area contributed by atoms with Crippen molar-refractivity contribution in [2.24, 2.45) is 0 Å². The Morgan fingerprint density at radius 3 is 2.50 bits per heavy atom. The minimum atomic E-state index is -0.169. The summed E-state index contributed by atoms with van der Waals surface area (Å²) in [4.78, 5) is 31.2. The van der Waals surface area contributed by atoms with Gasteiger partial charge >= 0.3 is 0 Å².